The third kappa shape index (κ3) is 6.17. The number of hydrogen-bond donors (Lipinski definition) is 0. The van der Waals surface area contributed by atoms with E-state index in [9.17, 15) is 14.4 Å². The fourth-order valence-electron chi connectivity index (χ4n) is 5.48. The molecule has 0 spiro atoms. The summed E-state index contributed by atoms with van der Waals surface area (Å²) in [5.74, 6) is -0.600. The average molecular weight is 649 g/mol. The smallest absolute Gasteiger partial charge is 0.338 e. The lowest BCUT2D eigenvalue weighted by atomic mass is 9.95. The zero-order valence-corrected chi connectivity index (χ0v) is 27.3. The molecule has 3 aromatic carbocycles. The highest BCUT2D eigenvalue weighted by atomic mass is 32.1. The van der Waals surface area contributed by atoms with Crippen LogP contribution >= 0.6 is 11.3 Å². The number of esters is 2. The molecule has 238 valence electrons. The van der Waals surface area contributed by atoms with Gasteiger partial charge in [0.1, 0.15) is 0 Å². The number of methoxy groups -OCH3 is 1. The Balaban J connectivity index is 1.56. The molecule has 10 nitrogen and oxygen atoms in total. The van der Waals surface area contributed by atoms with E-state index in [-0.39, 0.29) is 29.2 Å². The van der Waals surface area contributed by atoms with Crippen LogP contribution in [-0.2, 0) is 14.3 Å². The summed E-state index contributed by atoms with van der Waals surface area (Å²) < 4.78 is 19.9. The van der Waals surface area contributed by atoms with E-state index in [1.807, 2.05) is 73.8 Å². The van der Waals surface area contributed by atoms with Gasteiger partial charge in [0, 0.05) is 24.2 Å². The number of hydrogen-bond acceptors (Lipinski definition) is 9. The molecule has 5 aromatic rings. The zero-order chi connectivity index (χ0) is 33.2. The number of carbonyl (C=O) groups excluding carboxylic acids is 2. The fraction of sp³-hybridized carbons (Fsp3) is 0.194. The maximum atomic E-state index is 14.4. The van der Waals surface area contributed by atoms with E-state index in [0.717, 1.165) is 22.4 Å². The molecule has 0 radical (unpaired) electrons. The highest BCUT2D eigenvalue weighted by molar-refractivity contribution is 7.07. The van der Waals surface area contributed by atoms with Crippen LogP contribution in [0.3, 0.4) is 0 Å². The first kappa shape index (κ1) is 31.4. The minimum Gasteiger partial charge on any atom is -0.493 e. The summed E-state index contributed by atoms with van der Waals surface area (Å²) in [6.45, 7) is 6.91. The molecule has 0 fully saturated rings. The Kier molecular flexibility index (Phi) is 8.73. The highest BCUT2D eigenvalue weighted by Crippen LogP contribution is 2.36. The van der Waals surface area contributed by atoms with Crippen LogP contribution in [0.4, 0.5) is 0 Å². The molecular weight excluding hydrogens is 616 g/mol. The highest BCUT2D eigenvalue weighted by Gasteiger charge is 2.34. The summed E-state index contributed by atoms with van der Waals surface area (Å²) in [4.78, 5) is 44.5. The first-order valence-corrected chi connectivity index (χ1v) is 15.8. The lowest BCUT2D eigenvalue weighted by Crippen LogP contribution is -2.40. The molecule has 0 bridgehead atoms. The number of benzene rings is 3. The minimum atomic E-state index is -0.878. The summed E-state index contributed by atoms with van der Waals surface area (Å²) in [5.41, 5.74) is 5.24. The second-order valence-electron chi connectivity index (χ2n) is 10.9. The van der Waals surface area contributed by atoms with Crippen molar-refractivity contribution < 1.29 is 23.8 Å². The van der Waals surface area contributed by atoms with Crippen molar-refractivity contribution in [3.05, 3.63) is 127 Å². The fourth-order valence-corrected chi connectivity index (χ4v) is 6.52. The third-order valence-corrected chi connectivity index (χ3v) is 8.63. The summed E-state index contributed by atoms with van der Waals surface area (Å²) in [7, 11) is 1.45. The number of thiazole rings is 1. The lowest BCUT2D eigenvalue weighted by molar-refractivity contribution is -0.139. The second kappa shape index (κ2) is 13.1. The Morgan fingerprint density at radius 3 is 2.43 bits per heavy atom. The molecule has 2 aromatic heterocycles. The molecule has 0 N–H and O–H groups in total. The number of carbonyl (C=O) groups is 2. The van der Waals surface area contributed by atoms with Crippen LogP contribution in [0.2, 0.25) is 0 Å². The number of allylic oxidation sites excluding steroid dienone is 1. The van der Waals surface area contributed by atoms with Gasteiger partial charge in [0.25, 0.3) is 5.56 Å². The number of para-hydroxylation sites is 1. The van der Waals surface area contributed by atoms with Crippen molar-refractivity contribution in [3.8, 4) is 28.4 Å². The molecule has 0 amide bonds. The van der Waals surface area contributed by atoms with Gasteiger partial charge in [0.15, 0.2) is 16.3 Å². The molecule has 1 aliphatic rings. The van der Waals surface area contributed by atoms with Gasteiger partial charge in [-0.1, -0.05) is 65.4 Å². The van der Waals surface area contributed by atoms with E-state index in [1.165, 1.54) is 29.9 Å². The van der Waals surface area contributed by atoms with Crippen LogP contribution in [0, 0.1) is 6.92 Å². The maximum absolute atomic E-state index is 14.4. The second-order valence-corrected chi connectivity index (χ2v) is 11.9. The van der Waals surface area contributed by atoms with Gasteiger partial charge in [-0.15, -0.1) is 0 Å². The largest absolute Gasteiger partial charge is 0.493 e. The Morgan fingerprint density at radius 2 is 1.74 bits per heavy atom. The molecule has 0 saturated carbocycles. The van der Waals surface area contributed by atoms with E-state index in [1.54, 1.807) is 36.7 Å². The van der Waals surface area contributed by atoms with Gasteiger partial charge in [-0.25, -0.2) is 14.5 Å². The van der Waals surface area contributed by atoms with Crippen LogP contribution in [0.15, 0.2) is 100 Å². The van der Waals surface area contributed by atoms with Crippen LogP contribution in [0.1, 0.15) is 43.5 Å². The standard InChI is InChI=1S/C36H32N4O6S/c1-6-45-35(43)31-22(3)37-36-40(33(31)25-16-17-28(46-23(4)41)29(18-25)44-5)34(42)30(47-36)19-26-20-39(27-10-8-7-9-11-27)38-32(26)24-14-12-21(2)13-15-24/h7-20,33H,6H2,1-5H3. The quantitative estimate of drug-likeness (QED) is 0.174. The van der Waals surface area contributed by atoms with E-state index in [0.29, 0.717) is 26.3 Å². The Hall–Kier alpha value is -5.55. The van der Waals surface area contributed by atoms with E-state index < -0.39 is 18.0 Å². The monoisotopic (exact) mass is 648 g/mol. The Bertz CT molecular complexity index is 2210. The lowest BCUT2D eigenvalue weighted by Gasteiger charge is -2.25. The van der Waals surface area contributed by atoms with E-state index in [4.69, 9.17) is 24.3 Å². The van der Waals surface area contributed by atoms with Crippen molar-refractivity contribution >= 4 is 29.4 Å². The van der Waals surface area contributed by atoms with Crippen LogP contribution in [0.5, 0.6) is 11.5 Å². The molecule has 6 rings (SSSR count). The zero-order valence-electron chi connectivity index (χ0n) is 26.5. The Labute approximate surface area is 274 Å². The minimum absolute atomic E-state index is 0.147. The van der Waals surface area contributed by atoms with Gasteiger partial charge in [0.05, 0.1) is 46.9 Å². The predicted molar refractivity (Wildman–Crippen MR) is 178 cm³/mol. The molecule has 0 aliphatic carbocycles. The number of aromatic nitrogens is 3. The van der Waals surface area contributed by atoms with Gasteiger partial charge in [0.2, 0.25) is 0 Å². The molecule has 0 saturated heterocycles. The summed E-state index contributed by atoms with van der Waals surface area (Å²) in [6.07, 6.45) is 3.71. The summed E-state index contributed by atoms with van der Waals surface area (Å²) >= 11 is 1.22. The normalized spacial score (nSPS) is 14.4. The topological polar surface area (TPSA) is 114 Å². The molecule has 47 heavy (non-hydrogen) atoms. The van der Waals surface area contributed by atoms with Crippen molar-refractivity contribution in [1.29, 1.82) is 0 Å². The summed E-state index contributed by atoms with van der Waals surface area (Å²) in [6, 6.07) is 21.9. The van der Waals surface area contributed by atoms with Gasteiger partial charge in [-0.2, -0.15) is 5.10 Å². The van der Waals surface area contributed by atoms with E-state index in [2.05, 4.69) is 0 Å². The van der Waals surface area contributed by atoms with Crippen LogP contribution in [-0.4, -0.2) is 40.0 Å². The maximum Gasteiger partial charge on any atom is 0.338 e. The van der Waals surface area contributed by atoms with Crippen LogP contribution in [0.25, 0.3) is 23.0 Å². The first-order chi connectivity index (χ1) is 22.7. The third-order valence-electron chi connectivity index (χ3n) is 7.65. The number of rotatable bonds is 8. The van der Waals surface area contributed by atoms with Gasteiger partial charge < -0.3 is 14.2 Å². The number of nitrogens with zero attached hydrogens (tertiary/aromatic N) is 4. The van der Waals surface area contributed by atoms with Gasteiger partial charge in [-0.05, 0) is 56.7 Å². The Morgan fingerprint density at radius 1 is 1.00 bits per heavy atom. The molecular formula is C36H32N4O6S. The average Bonchev–Trinajstić information content (AvgIpc) is 3.61. The number of ether oxygens (including phenoxy) is 3. The van der Waals surface area contributed by atoms with Crippen molar-refractivity contribution in [1.82, 2.24) is 14.3 Å². The number of fused-ring (bicyclic) bond motifs is 1. The molecule has 1 unspecified atom stereocenters. The molecule has 1 atom stereocenters. The summed E-state index contributed by atoms with van der Waals surface area (Å²) in [5, 5.41) is 4.90. The van der Waals surface area contributed by atoms with Gasteiger partial charge >= 0.3 is 11.9 Å². The van der Waals surface area contributed by atoms with E-state index >= 15 is 0 Å². The van der Waals surface area contributed by atoms with Crippen LogP contribution < -0.4 is 24.4 Å². The van der Waals surface area contributed by atoms with Crippen molar-refractivity contribution in [3.63, 3.8) is 0 Å². The molecule has 11 heteroatoms. The van der Waals surface area contributed by atoms with Crippen molar-refractivity contribution in [2.75, 3.05) is 13.7 Å². The number of aryl methyl sites for hydroxylation is 1. The first-order valence-electron chi connectivity index (χ1n) is 15.0. The molecule has 3 heterocycles. The SMILES string of the molecule is CCOC(=O)C1=C(C)N=c2sc(=Cc3cn(-c4ccccc4)nc3-c3ccc(C)cc3)c(=O)n2C1c1ccc(OC(C)=O)c(OC)c1. The van der Waals surface area contributed by atoms with Crippen molar-refractivity contribution in [2.24, 2.45) is 4.99 Å². The predicted octanol–water partition coefficient (Wildman–Crippen LogP) is 4.89. The van der Waals surface area contributed by atoms with Gasteiger partial charge in [-0.3, -0.25) is 14.2 Å². The molecule has 1 aliphatic heterocycles. The van der Waals surface area contributed by atoms with Crippen molar-refractivity contribution in [2.45, 2.75) is 33.7 Å².